The standard InChI is InChI=1S/C14H21N3O3S/c1-3-11(18)15-14-16-12(13(19)20)10(21-14)8-17-6-4-5-9(2)7-17/h9H,3-8H2,1-2H3,(H,19,20)(H,15,16,18). The van der Waals surface area contributed by atoms with Crippen LogP contribution in [0.15, 0.2) is 0 Å². The highest BCUT2D eigenvalue weighted by atomic mass is 32.1. The maximum Gasteiger partial charge on any atom is 0.355 e. The summed E-state index contributed by atoms with van der Waals surface area (Å²) in [6.45, 7) is 6.51. The fourth-order valence-corrected chi connectivity index (χ4v) is 3.53. The maximum atomic E-state index is 11.4. The Bertz CT molecular complexity index is 530. The van der Waals surface area contributed by atoms with Gasteiger partial charge in [0, 0.05) is 19.5 Å². The molecule has 0 bridgehead atoms. The number of likely N-dealkylation sites (tertiary alicyclic amines) is 1. The smallest absolute Gasteiger partial charge is 0.355 e. The van der Waals surface area contributed by atoms with Crippen molar-refractivity contribution >= 4 is 28.3 Å². The van der Waals surface area contributed by atoms with Crippen molar-refractivity contribution in [2.45, 2.75) is 39.7 Å². The number of piperidine rings is 1. The third-order valence-corrected chi connectivity index (χ3v) is 4.53. The average Bonchev–Trinajstić information content (AvgIpc) is 2.81. The lowest BCUT2D eigenvalue weighted by Gasteiger charge is -2.30. The second kappa shape index (κ2) is 7.00. The first kappa shape index (κ1) is 15.9. The van der Waals surface area contributed by atoms with Crippen LogP contribution in [0.25, 0.3) is 0 Å². The number of nitrogens with one attached hydrogen (secondary N) is 1. The minimum Gasteiger partial charge on any atom is -0.476 e. The first-order chi connectivity index (χ1) is 9.99. The maximum absolute atomic E-state index is 11.4. The van der Waals surface area contributed by atoms with Crippen LogP contribution in [-0.4, -0.2) is 40.0 Å². The first-order valence-corrected chi connectivity index (χ1v) is 8.06. The van der Waals surface area contributed by atoms with Crippen LogP contribution in [0, 0.1) is 5.92 Å². The van der Waals surface area contributed by atoms with Crippen molar-refractivity contribution in [2.75, 3.05) is 18.4 Å². The predicted octanol–water partition coefficient (Wildman–Crippen LogP) is 2.42. The van der Waals surface area contributed by atoms with E-state index in [2.05, 4.69) is 22.1 Å². The fraction of sp³-hybridized carbons (Fsp3) is 0.643. The molecule has 0 saturated carbocycles. The Balaban J connectivity index is 2.13. The largest absolute Gasteiger partial charge is 0.476 e. The van der Waals surface area contributed by atoms with Gasteiger partial charge in [0.15, 0.2) is 10.8 Å². The van der Waals surface area contributed by atoms with Crippen LogP contribution >= 0.6 is 11.3 Å². The number of aromatic nitrogens is 1. The Hall–Kier alpha value is -1.47. The van der Waals surface area contributed by atoms with Crippen LogP contribution in [-0.2, 0) is 11.3 Å². The molecule has 116 valence electrons. The molecule has 1 aliphatic rings. The van der Waals surface area contributed by atoms with Crippen molar-refractivity contribution in [1.29, 1.82) is 0 Å². The van der Waals surface area contributed by atoms with E-state index in [1.165, 1.54) is 17.8 Å². The molecule has 1 amide bonds. The van der Waals surface area contributed by atoms with E-state index in [1.807, 2.05) is 0 Å². The van der Waals surface area contributed by atoms with Gasteiger partial charge >= 0.3 is 5.97 Å². The minimum absolute atomic E-state index is 0.0598. The number of rotatable bonds is 5. The van der Waals surface area contributed by atoms with E-state index in [1.54, 1.807) is 6.92 Å². The number of hydrogen-bond donors (Lipinski definition) is 2. The summed E-state index contributed by atoms with van der Waals surface area (Å²) >= 11 is 1.26. The molecule has 1 aromatic heterocycles. The lowest BCUT2D eigenvalue weighted by molar-refractivity contribution is -0.115. The van der Waals surface area contributed by atoms with Gasteiger partial charge in [0.05, 0.1) is 4.88 Å². The predicted molar refractivity (Wildman–Crippen MR) is 81.7 cm³/mol. The summed E-state index contributed by atoms with van der Waals surface area (Å²) in [7, 11) is 0. The van der Waals surface area contributed by atoms with Crippen molar-refractivity contribution < 1.29 is 14.7 Å². The highest BCUT2D eigenvalue weighted by molar-refractivity contribution is 7.16. The van der Waals surface area contributed by atoms with Gasteiger partial charge in [0.1, 0.15) is 0 Å². The molecule has 2 heterocycles. The van der Waals surface area contributed by atoms with Gasteiger partial charge in [-0.1, -0.05) is 25.2 Å². The zero-order valence-electron chi connectivity index (χ0n) is 12.4. The fourth-order valence-electron chi connectivity index (χ4n) is 2.52. The van der Waals surface area contributed by atoms with Crippen LogP contribution in [0.3, 0.4) is 0 Å². The molecule has 0 aromatic carbocycles. The second-order valence-corrected chi connectivity index (χ2v) is 6.56. The number of hydrogen-bond acceptors (Lipinski definition) is 5. The van der Waals surface area contributed by atoms with E-state index in [0.29, 0.717) is 28.9 Å². The number of carbonyl (C=O) groups excluding carboxylic acids is 1. The van der Waals surface area contributed by atoms with E-state index >= 15 is 0 Å². The summed E-state index contributed by atoms with van der Waals surface area (Å²) in [5.74, 6) is -0.554. The third-order valence-electron chi connectivity index (χ3n) is 3.58. The molecule has 1 fully saturated rings. The van der Waals surface area contributed by atoms with Crippen LogP contribution in [0.2, 0.25) is 0 Å². The Labute approximate surface area is 128 Å². The van der Waals surface area contributed by atoms with Crippen molar-refractivity contribution in [3.63, 3.8) is 0 Å². The minimum atomic E-state index is -1.04. The van der Waals surface area contributed by atoms with E-state index < -0.39 is 5.97 Å². The second-order valence-electron chi connectivity index (χ2n) is 5.48. The van der Waals surface area contributed by atoms with Gasteiger partial charge < -0.3 is 10.4 Å². The number of amides is 1. The normalized spacial score (nSPS) is 19.4. The Morgan fingerprint density at radius 2 is 2.29 bits per heavy atom. The molecule has 2 rings (SSSR count). The van der Waals surface area contributed by atoms with E-state index in [0.717, 1.165) is 19.5 Å². The van der Waals surface area contributed by atoms with E-state index in [9.17, 15) is 14.7 Å². The number of aromatic carboxylic acids is 1. The molecule has 1 atom stereocenters. The molecular weight excluding hydrogens is 290 g/mol. The molecule has 1 saturated heterocycles. The first-order valence-electron chi connectivity index (χ1n) is 7.24. The number of nitrogens with zero attached hydrogens (tertiary/aromatic N) is 2. The molecule has 2 N–H and O–H groups in total. The van der Waals surface area contributed by atoms with Gasteiger partial charge in [-0.05, 0) is 25.3 Å². The van der Waals surface area contributed by atoms with Crippen molar-refractivity contribution in [3.8, 4) is 0 Å². The molecule has 1 aromatic rings. The molecule has 6 nitrogen and oxygen atoms in total. The van der Waals surface area contributed by atoms with Gasteiger partial charge in [0.2, 0.25) is 5.91 Å². The van der Waals surface area contributed by atoms with Crippen LogP contribution in [0.5, 0.6) is 0 Å². The van der Waals surface area contributed by atoms with Crippen molar-refractivity contribution in [2.24, 2.45) is 5.92 Å². The number of carboxylic acid groups (broad SMARTS) is 1. The molecular formula is C14H21N3O3S. The molecule has 0 aliphatic carbocycles. The number of carboxylic acids is 1. The highest BCUT2D eigenvalue weighted by Gasteiger charge is 2.23. The molecule has 0 spiro atoms. The van der Waals surface area contributed by atoms with Crippen molar-refractivity contribution in [3.05, 3.63) is 10.6 Å². The Kier molecular flexibility index (Phi) is 5.30. The van der Waals surface area contributed by atoms with E-state index in [-0.39, 0.29) is 11.6 Å². The quantitative estimate of drug-likeness (QED) is 0.872. The average molecular weight is 311 g/mol. The Morgan fingerprint density at radius 3 is 2.90 bits per heavy atom. The zero-order valence-corrected chi connectivity index (χ0v) is 13.2. The summed E-state index contributed by atoms with van der Waals surface area (Å²) in [5.41, 5.74) is 0.0598. The van der Waals surface area contributed by atoms with Gasteiger partial charge in [-0.15, -0.1) is 0 Å². The monoisotopic (exact) mass is 311 g/mol. The zero-order chi connectivity index (χ0) is 15.4. The topological polar surface area (TPSA) is 82.5 Å². The summed E-state index contributed by atoms with van der Waals surface area (Å²) in [6.07, 6.45) is 2.71. The van der Waals surface area contributed by atoms with Crippen LogP contribution in [0.4, 0.5) is 5.13 Å². The highest BCUT2D eigenvalue weighted by Crippen LogP contribution is 2.27. The van der Waals surface area contributed by atoms with Crippen molar-refractivity contribution in [1.82, 2.24) is 9.88 Å². The third kappa shape index (κ3) is 4.25. The van der Waals surface area contributed by atoms with Gasteiger partial charge in [-0.3, -0.25) is 9.69 Å². The van der Waals surface area contributed by atoms with Crippen LogP contribution in [0.1, 0.15) is 48.5 Å². The number of anilines is 1. The number of carbonyl (C=O) groups is 2. The lowest BCUT2D eigenvalue weighted by Crippen LogP contribution is -2.33. The van der Waals surface area contributed by atoms with Gasteiger partial charge in [0.25, 0.3) is 0 Å². The summed E-state index contributed by atoms with van der Waals surface area (Å²) in [5, 5.41) is 12.3. The van der Waals surface area contributed by atoms with Gasteiger partial charge in [-0.25, -0.2) is 9.78 Å². The SMILES string of the molecule is CCC(=O)Nc1nc(C(=O)O)c(CN2CCCC(C)C2)s1. The molecule has 21 heavy (non-hydrogen) atoms. The Morgan fingerprint density at radius 1 is 1.52 bits per heavy atom. The molecule has 1 aliphatic heterocycles. The molecule has 1 unspecified atom stereocenters. The summed E-state index contributed by atoms with van der Waals surface area (Å²) < 4.78 is 0. The molecule has 7 heteroatoms. The number of thiazole rings is 1. The summed E-state index contributed by atoms with van der Waals surface area (Å²) in [6, 6.07) is 0. The lowest BCUT2D eigenvalue weighted by atomic mass is 10.0. The van der Waals surface area contributed by atoms with E-state index in [4.69, 9.17) is 0 Å². The van der Waals surface area contributed by atoms with Gasteiger partial charge in [-0.2, -0.15) is 0 Å². The molecule has 0 radical (unpaired) electrons. The summed E-state index contributed by atoms with van der Waals surface area (Å²) in [4.78, 5) is 29.7. The van der Waals surface area contributed by atoms with Crippen LogP contribution < -0.4 is 5.32 Å².